The van der Waals surface area contributed by atoms with Crippen molar-refractivity contribution in [2.75, 3.05) is 6.54 Å². The first-order valence-electron chi connectivity index (χ1n) is 9.07. The van der Waals surface area contributed by atoms with Crippen molar-refractivity contribution in [3.63, 3.8) is 0 Å². The third-order valence-electron chi connectivity index (χ3n) is 4.53. The number of carbonyl (C=O) groups is 1. The fourth-order valence-electron chi connectivity index (χ4n) is 2.92. The molecule has 0 fully saturated rings. The van der Waals surface area contributed by atoms with Crippen molar-refractivity contribution in [1.82, 2.24) is 20.6 Å². The van der Waals surface area contributed by atoms with Gasteiger partial charge in [0.15, 0.2) is 0 Å². The molecule has 1 amide bonds. The first-order chi connectivity index (χ1) is 11.9. The fraction of sp³-hybridized carbons (Fsp3) is 0.579. The summed E-state index contributed by atoms with van der Waals surface area (Å²) in [6.45, 7) is 14.6. The zero-order valence-electron chi connectivity index (χ0n) is 16.1. The van der Waals surface area contributed by atoms with Gasteiger partial charge in [-0.15, -0.1) is 0 Å². The standard InChI is InChI=1S/C19H32N4O2/c1-7-15(8-2)23-18(16(9-3)17(10-4)21-23)11-13(5)14(6)20-12-19(24)22-25/h11,15,20,25H,6-10,12H2,1-5H3,(H,22,24)/b13-11+. The second-order valence-electron chi connectivity index (χ2n) is 6.13. The lowest BCUT2D eigenvalue weighted by Crippen LogP contribution is -2.31. The number of aryl methyl sites for hydroxylation is 1. The summed E-state index contributed by atoms with van der Waals surface area (Å²) < 4.78 is 2.15. The summed E-state index contributed by atoms with van der Waals surface area (Å²) in [6.07, 6.45) is 5.98. The lowest BCUT2D eigenvalue weighted by molar-refractivity contribution is -0.128. The van der Waals surface area contributed by atoms with E-state index in [1.54, 1.807) is 5.48 Å². The molecule has 0 aliphatic carbocycles. The van der Waals surface area contributed by atoms with Gasteiger partial charge in [-0.1, -0.05) is 34.3 Å². The molecule has 0 bridgehead atoms. The van der Waals surface area contributed by atoms with E-state index in [0.717, 1.165) is 42.6 Å². The highest BCUT2D eigenvalue weighted by Gasteiger charge is 2.18. The van der Waals surface area contributed by atoms with Crippen molar-refractivity contribution < 1.29 is 10.0 Å². The van der Waals surface area contributed by atoms with Gasteiger partial charge in [0, 0.05) is 11.3 Å². The van der Waals surface area contributed by atoms with Crippen LogP contribution in [-0.2, 0) is 17.6 Å². The molecule has 0 atom stereocenters. The molecule has 0 radical (unpaired) electrons. The van der Waals surface area contributed by atoms with Gasteiger partial charge in [-0.05, 0) is 44.3 Å². The summed E-state index contributed by atoms with van der Waals surface area (Å²) in [5.74, 6) is -0.501. The molecule has 0 aromatic carbocycles. The normalized spacial score (nSPS) is 11.7. The van der Waals surface area contributed by atoms with E-state index in [1.165, 1.54) is 5.56 Å². The number of nitrogens with one attached hydrogen (secondary N) is 2. The molecule has 6 heteroatoms. The number of amides is 1. The van der Waals surface area contributed by atoms with Crippen molar-refractivity contribution in [2.45, 2.75) is 66.3 Å². The largest absolute Gasteiger partial charge is 0.376 e. The van der Waals surface area contributed by atoms with Gasteiger partial charge in [0.05, 0.1) is 24.0 Å². The van der Waals surface area contributed by atoms with Gasteiger partial charge in [-0.25, -0.2) is 5.48 Å². The molecule has 1 heterocycles. The fourth-order valence-corrected chi connectivity index (χ4v) is 2.92. The Hall–Kier alpha value is -2.08. The van der Waals surface area contributed by atoms with E-state index in [-0.39, 0.29) is 6.54 Å². The van der Waals surface area contributed by atoms with Crippen molar-refractivity contribution in [3.8, 4) is 0 Å². The van der Waals surface area contributed by atoms with Crippen molar-refractivity contribution in [1.29, 1.82) is 0 Å². The van der Waals surface area contributed by atoms with E-state index < -0.39 is 5.91 Å². The zero-order valence-corrected chi connectivity index (χ0v) is 16.1. The SMILES string of the molecule is C=C(NCC(=O)NO)/C(C)=C/c1c(CC)c(CC)nn1C(CC)CC. The molecular weight excluding hydrogens is 316 g/mol. The van der Waals surface area contributed by atoms with Crippen LogP contribution in [0.15, 0.2) is 17.8 Å². The predicted molar refractivity (Wildman–Crippen MR) is 101 cm³/mol. The van der Waals surface area contributed by atoms with E-state index in [2.05, 4.69) is 50.3 Å². The molecule has 6 nitrogen and oxygen atoms in total. The highest BCUT2D eigenvalue weighted by atomic mass is 16.5. The third kappa shape index (κ3) is 5.19. The van der Waals surface area contributed by atoms with Gasteiger partial charge in [-0.3, -0.25) is 14.7 Å². The first kappa shape index (κ1) is 21.0. The van der Waals surface area contributed by atoms with Gasteiger partial charge in [0.25, 0.3) is 5.91 Å². The second-order valence-corrected chi connectivity index (χ2v) is 6.13. The van der Waals surface area contributed by atoms with E-state index >= 15 is 0 Å². The van der Waals surface area contributed by atoms with Gasteiger partial charge in [0.2, 0.25) is 0 Å². The van der Waals surface area contributed by atoms with E-state index in [9.17, 15) is 4.79 Å². The summed E-state index contributed by atoms with van der Waals surface area (Å²) in [5, 5.41) is 16.4. The highest BCUT2D eigenvalue weighted by molar-refractivity contribution is 5.77. The van der Waals surface area contributed by atoms with Gasteiger partial charge in [0.1, 0.15) is 0 Å². The number of rotatable bonds is 10. The smallest absolute Gasteiger partial charge is 0.262 e. The van der Waals surface area contributed by atoms with Crippen LogP contribution in [0.25, 0.3) is 6.08 Å². The van der Waals surface area contributed by atoms with Crippen LogP contribution in [0.3, 0.4) is 0 Å². The maximum Gasteiger partial charge on any atom is 0.262 e. The summed E-state index contributed by atoms with van der Waals surface area (Å²) in [5.41, 5.74) is 6.74. The van der Waals surface area contributed by atoms with Crippen LogP contribution in [-0.4, -0.2) is 27.4 Å². The molecule has 0 saturated carbocycles. The minimum Gasteiger partial charge on any atom is -0.376 e. The number of aromatic nitrogens is 2. The molecular formula is C19H32N4O2. The minimum atomic E-state index is -0.501. The van der Waals surface area contributed by atoms with Gasteiger partial charge in [-0.2, -0.15) is 5.10 Å². The van der Waals surface area contributed by atoms with Crippen LogP contribution < -0.4 is 10.8 Å². The van der Waals surface area contributed by atoms with Gasteiger partial charge >= 0.3 is 0 Å². The van der Waals surface area contributed by atoms with E-state index in [4.69, 9.17) is 10.3 Å². The third-order valence-corrected chi connectivity index (χ3v) is 4.53. The summed E-state index contributed by atoms with van der Waals surface area (Å²) >= 11 is 0. The van der Waals surface area contributed by atoms with Crippen LogP contribution in [0, 0.1) is 0 Å². The average molecular weight is 348 g/mol. The Bertz CT molecular complexity index is 628. The average Bonchev–Trinajstić information content (AvgIpc) is 2.97. The predicted octanol–water partition coefficient (Wildman–Crippen LogP) is 3.38. The van der Waals surface area contributed by atoms with Gasteiger partial charge < -0.3 is 5.32 Å². The molecule has 1 rings (SSSR count). The maximum absolute atomic E-state index is 11.2. The van der Waals surface area contributed by atoms with E-state index in [1.807, 2.05) is 6.92 Å². The monoisotopic (exact) mass is 348 g/mol. The maximum atomic E-state index is 11.2. The molecule has 0 aliphatic heterocycles. The lowest BCUT2D eigenvalue weighted by atomic mass is 10.0. The quantitative estimate of drug-likeness (QED) is 0.344. The van der Waals surface area contributed by atoms with Crippen LogP contribution >= 0.6 is 0 Å². The molecule has 0 spiro atoms. The Morgan fingerprint density at radius 1 is 1.28 bits per heavy atom. The number of hydroxylamine groups is 1. The van der Waals surface area contributed by atoms with Crippen molar-refractivity contribution in [3.05, 3.63) is 34.8 Å². The zero-order chi connectivity index (χ0) is 19.0. The molecule has 0 saturated heterocycles. The number of carbonyl (C=O) groups excluding carboxylic acids is 1. The minimum absolute atomic E-state index is 0.0207. The molecule has 0 unspecified atom stereocenters. The Morgan fingerprint density at radius 3 is 2.40 bits per heavy atom. The van der Waals surface area contributed by atoms with Crippen molar-refractivity contribution in [2.24, 2.45) is 0 Å². The summed E-state index contributed by atoms with van der Waals surface area (Å²) in [7, 11) is 0. The second kappa shape index (κ2) is 10.0. The first-order valence-corrected chi connectivity index (χ1v) is 9.07. The Morgan fingerprint density at radius 2 is 1.92 bits per heavy atom. The number of hydrogen-bond acceptors (Lipinski definition) is 4. The molecule has 1 aromatic heterocycles. The Kier molecular flexibility index (Phi) is 8.41. The topological polar surface area (TPSA) is 79.2 Å². The summed E-state index contributed by atoms with van der Waals surface area (Å²) in [4.78, 5) is 11.2. The van der Waals surface area contributed by atoms with Crippen LogP contribution in [0.4, 0.5) is 0 Å². The number of allylic oxidation sites excluding steroid dienone is 1. The molecule has 25 heavy (non-hydrogen) atoms. The molecule has 3 N–H and O–H groups in total. The molecule has 0 aliphatic rings. The Labute approximate surface area is 151 Å². The molecule has 1 aromatic rings. The number of hydrogen-bond donors (Lipinski definition) is 3. The number of nitrogens with zero attached hydrogens (tertiary/aromatic N) is 2. The van der Waals surface area contributed by atoms with E-state index in [0.29, 0.717) is 11.7 Å². The Balaban J connectivity index is 3.22. The van der Waals surface area contributed by atoms with Crippen LogP contribution in [0.1, 0.15) is 70.5 Å². The highest BCUT2D eigenvalue weighted by Crippen LogP contribution is 2.26. The lowest BCUT2D eigenvalue weighted by Gasteiger charge is -2.17. The molecule has 140 valence electrons. The van der Waals surface area contributed by atoms with Crippen LogP contribution in [0.2, 0.25) is 0 Å². The summed E-state index contributed by atoms with van der Waals surface area (Å²) in [6, 6.07) is 0.367. The van der Waals surface area contributed by atoms with Crippen LogP contribution in [0.5, 0.6) is 0 Å². The van der Waals surface area contributed by atoms with Crippen molar-refractivity contribution >= 4 is 12.0 Å².